The van der Waals surface area contributed by atoms with Gasteiger partial charge >= 0.3 is 6.18 Å². The van der Waals surface area contributed by atoms with Gasteiger partial charge in [0, 0.05) is 12.1 Å². The van der Waals surface area contributed by atoms with Crippen LogP contribution >= 0.6 is 0 Å². The molecule has 0 amide bonds. The molecule has 0 fully saturated rings. The highest BCUT2D eigenvalue weighted by Gasteiger charge is 2.30. The fourth-order valence-electron chi connectivity index (χ4n) is 2.17. The molecule has 2 heterocycles. The van der Waals surface area contributed by atoms with Crippen LogP contribution in [0.5, 0.6) is 0 Å². The summed E-state index contributed by atoms with van der Waals surface area (Å²) in [7, 11) is 0. The maximum absolute atomic E-state index is 12.7. The number of halogens is 3. The summed E-state index contributed by atoms with van der Waals surface area (Å²) in [5.41, 5.74) is 1.49. The molecule has 5 heteroatoms. The van der Waals surface area contributed by atoms with Crippen molar-refractivity contribution >= 4 is 5.82 Å². The van der Waals surface area contributed by atoms with Crippen molar-refractivity contribution in [2.75, 3.05) is 11.9 Å². The van der Waals surface area contributed by atoms with Crippen molar-refractivity contribution in [3.63, 3.8) is 0 Å². The van der Waals surface area contributed by atoms with Gasteiger partial charge < -0.3 is 5.32 Å². The predicted octanol–water partition coefficient (Wildman–Crippen LogP) is 3.74. The highest BCUT2D eigenvalue weighted by atomic mass is 19.4. The van der Waals surface area contributed by atoms with E-state index in [2.05, 4.69) is 10.3 Å². The smallest absolute Gasteiger partial charge is 0.369 e. The number of rotatable bonds is 1. The van der Waals surface area contributed by atoms with Gasteiger partial charge in [-0.15, -0.1) is 0 Å². The van der Waals surface area contributed by atoms with Gasteiger partial charge in [0.05, 0.1) is 11.3 Å². The molecule has 98 valence electrons. The molecule has 0 saturated heterocycles. The molecule has 0 radical (unpaired) electrons. The summed E-state index contributed by atoms with van der Waals surface area (Å²) in [6.07, 6.45) is -3.42. The van der Waals surface area contributed by atoms with E-state index in [0.717, 1.165) is 36.5 Å². The van der Waals surface area contributed by atoms with Gasteiger partial charge in [-0.3, -0.25) is 0 Å². The number of hydrogen-bond acceptors (Lipinski definition) is 2. The Balaban J connectivity index is 2.03. The largest absolute Gasteiger partial charge is 0.416 e. The number of benzene rings is 1. The second-order valence-corrected chi connectivity index (χ2v) is 4.46. The SMILES string of the molecule is FC(F)(F)c1cccc(-c2ccc3c(n2)NCC3)c1. The Bertz CT molecular complexity index is 620. The Morgan fingerprint density at radius 1 is 1.11 bits per heavy atom. The van der Waals surface area contributed by atoms with Crippen LogP contribution in [0.15, 0.2) is 36.4 Å². The van der Waals surface area contributed by atoms with Crippen LogP contribution in [0.4, 0.5) is 19.0 Å². The first-order valence-electron chi connectivity index (χ1n) is 5.95. The molecule has 0 aliphatic carbocycles. The molecule has 0 bridgehead atoms. The molecule has 19 heavy (non-hydrogen) atoms. The number of alkyl halides is 3. The van der Waals surface area contributed by atoms with E-state index in [1.807, 2.05) is 6.07 Å². The lowest BCUT2D eigenvalue weighted by molar-refractivity contribution is -0.137. The fraction of sp³-hybridized carbons (Fsp3) is 0.214. The number of anilines is 1. The third-order valence-corrected chi connectivity index (χ3v) is 3.15. The zero-order chi connectivity index (χ0) is 13.5. The van der Waals surface area contributed by atoms with Crippen molar-refractivity contribution in [2.45, 2.75) is 12.6 Å². The van der Waals surface area contributed by atoms with Crippen LogP contribution < -0.4 is 5.32 Å². The van der Waals surface area contributed by atoms with Gasteiger partial charge in [-0.2, -0.15) is 13.2 Å². The summed E-state index contributed by atoms with van der Waals surface area (Å²) < 4.78 is 38.0. The van der Waals surface area contributed by atoms with Crippen molar-refractivity contribution < 1.29 is 13.2 Å². The first-order valence-corrected chi connectivity index (χ1v) is 5.95. The second kappa shape index (κ2) is 4.26. The van der Waals surface area contributed by atoms with Crippen molar-refractivity contribution in [3.8, 4) is 11.3 Å². The molecule has 1 aromatic carbocycles. The zero-order valence-electron chi connectivity index (χ0n) is 9.96. The van der Waals surface area contributed by atoms with Gasteiger partial charge in [0.1, 0.15) is 5.82 Å². The van der Waals surface area contributed by atoms with E-state index in [0.29, 0.717) is 11.3 Å². The lowest BCUT2D eigenvalue weighted by Crippen LogP contribution is -2.04. The molecule has 2 aromatic rings. The van der Waals surface area contributed by atoms with Crippen LogP contribution in [0, 0.1) is 0 Å². The van der Waals surface area contributed by atoms with Crippen molar-refractivity contribution in [2.24, 2.45) is 0 Å². The van der Waals surface area contributed by atoms with E-state index in [9.17, 15) is 13.2 Å². The second-order valence-electron chi connectivity index (χ2n) is 4.46. The Morgan fingerprint density at radius 2 is 1.95 bits per heavy atom. The molecule has 1 aliphatic rings. The first kappa shape index (κ1) is 12.0. The van der Waals surface area contributed by atoms with E-state index in [-0.39, 0.29) is 0 Å². The zero-order valence-corrected chi connectivity index (χ0v) is 9.96. The van der Waals surface area contributed by atoms with E-state index in [4.69, 9.17) is 0 Å². The van der Waals surface area contributed by atoms with Gasteiger partial charge in [0.15, 0.2) is 0 Å². The summed E-state index contributed by atoms with van der Waals surface area (Å²) in [4.78, 5) is 4.37. The number of pyridine rings is 1. The van der Waals surface area contributed by atoms with Gasteiger partial charge in [-0.1, -0.05) is 18.2 Å². The Hall–Kier alpha value is -2.04. The van der Waals surface area contributed by atoms with Gasteiger partial charge in [0.2, 0.25) is 0 Å². The van der Waals surface area contributed by atoms with Crippen molar-refractivity contribution in [1.29, 1.82) is 0 Å². The minimum absolute atomic E-state index is 0.478. The average molecular weight is 264 g/mol. The van der Waals surface area contributed by atoms with E-state index in [1.165, 1.54) is 6.07 Å². The number of fused-ring (bicyclic) bond motifs is 1. The van der Waals surface area contributed by atoms with Crippen molar-refractivity contribution in [3.05, 3.63) is 47.5 Å². The molecule has 1 aliphatic heterocycles. The summed E-state index contributed by atoms with van der Waals surface area (Å²) in [6, 6.07) is 8.91. The van der Waals surface area contributed by atoms with Crippen LogP contribution in [0.3, 0.4) is 0 Å². The van der Waals surface area contributed by atoms with Gasteiger partial charge in [-0.05, 0) is 30.2 Å². The number of nitrogens with one attached hydrogen (secondary N) is 1. The topological polar surface area (TPSA) is 24.9 Å². The van der Waals surface area contributed by atoms with E-state index >= 15 is 0 Å². The van der Waals surface area contributed by atoms with Crippen LogP contribution in [-0.4, -0.2) is 11.5 Å². The normalized spacial score (nSPS) is 14.1. The van der Waals surface area contributed by atoms with Crippen LogP contribution in [0.1, 0.15) is 11.1 Å². The van der Waals surface area contributed by atoms with E-state index in [1.54, 1.807) is 12.1 Å². The fourth-order valence-corrected chi connectivity index (χ4v) is 2.17. The number of nitrogens with zero attached hydrogens (tertiary/aromatic N) is 1. The number of hydrogen-bond donors (Lipinski definition) is 1. The quantitative estimate of drug-likeness (QED) is 0.848. The monoisotopic (exact) mass is 264 g/mol. The molecular weight excluding hydrogens is 253 g/mol. The maximum Gasteiger partial charge on any atom is 0.416 e. The Morgan fingerprint density at radius 3 is 2.74 bits per heavy atom. The highest BCUT2D eigenvalue weighted by molar-refractivity contribution is 5.64. The molecular formula is C14H11F3N2. The van der Waals surface area contributed by atoms with Crippen LogP contribution in [-0.2, 0) is 12.6 Å². The maximum atomic E-state index is 12.7. The van der Waals surface area contributed by atoms with Crippen molar-refractivity contribution in [1.82, 2.24) is 4.98 Å². The minimum Gasteiger partial charge on any atom is -0.369 e. The van der Waals surface area contributed by atoms with Crippen LogP contribution in [0.2, 0.25) is 0 Å². The Labute approximate surface area is 108 Å². The summed E-state index contributed by atoms with van der Waals surface area (Å²) in [5, 5.41) is 3.12. The Kier molecular flexibility index (Phi) is 2.69. The third-order valence-electron chi connectivity index (χ3n) is 3.15. The molecule has 0 atom stereocenters. The predicted molar refractivity (Wildman–Crippen MR) is 66.9 cm³/mol. The molecule has 1 aromatic heterocycles. The van der Waals surface area contributed by atoms with Crippen LogP contribution in [0.25, 0.3) is 11.3 Å². The summed E-state index contributed by atoms with van der Waals surface area (Å²) in [5.74, 6) is 0.773. The molecule has 2 nitrogen and oxygen atoms in total. The molecule has 0 saturated carbocycles. The first-order chi connectivity index (χ1) is 9.04. The molecule has 1 N–H and O–H groups in total. The van der Waals surface area contributed by atoms with E-state index < -0.39 is 11.7 Å². The summed E-state index contributed by atoms with van der Waals surface area (Å²) in [6.45, 7) is 0.828. The average Bonchev–Trinajstić information content (AvgIpc) is 2.85. The number of aromatic nitrogens is 1. The lowest BCUT2D eigenvalue weighted by atomic mass is 10.1. The summed E-state index contributed by atoms with van der Waals surface area (Å²) >= 11 is 0. The molecule has 0 spiro atoms. The van der Waals surface area contributed by atoms with Gasteiger partial charge in [0.25, 0.3) is 0 Å². The standard InChI is InChI=1S/C14H11F3N2/c15-14(16,17)11-3-1-2-10(8-11)12-5-4-9-6-7-18-13(9)19-12/h1-5,8H,6-7H2,(H,18,19). The van der Waals surface area contributed by atoms with Gasteiger partial charge in [-0.25, -0.2) is 4.98 Å². The third kappa shape index (κ3) is 2.28. The lowest BCUT2D eigenvalue weighted by Gasteiger charge is -2.09. The molecule has 0 unspecified atom stereocenters. The molecule has 3 rings (SSSR count). The highest BCUT2D eigenvalue weighted by Crippen LogP contribution is 2.32. The minimum atomic E-state index is -4.33.